The summed E-state index contributed by atoms with van der Waals surface area (Å²) in [6.07, 6.45) is 11.3. The molecule has 10 nitrogen and oxygen atoms in total. The second kappa shape index (κ2) is 31.3. The van der Waals surface area contributed by atoms with Crippen LogP contribution in [-0.2, 0) is 0 Å². The van der Waals surface area contributed by atoms with Crippen LogP contribution in [0.25, 0.3) is 71.5 Å². The average Bonchev–Trinajstić information content (AvgIpc) is 1.53. The Morgan fingerprint density at radius 1 is 0.532 bits per heavy atom. The van der Waals surface area contributed by atoms with Gasteiger partial charge in [0, 0.05) is 33.7 Å². The Hall–Kier alpha value is -4.29. The van der Waals surface area contributed by atoms with Crippen molar-refractivity contribution < 1.29 is 9.47 Å². The highest BCUT2D eigenvalue weighted by molar-refractivity contribution is 7.93. The predicted molar refractivity (Wildman–Crippen MR) is 417 cm³/mol. The number of halogens is 4. The number of fused-ring (bicyclic) bond motifs is 3. The standard InChI is InChI=1S/C74H96B2Cl4N8O2P4/c1-43(34-71(5,6)7)18-20-49(45(3)36-73(11,12)13)41-89-51-26-22-47(23-27-51)67-64-65(70(88(67)76(93)94)66(82-17)63-40-84-59-31-55(78)57(80)33-61(59)86-63)68(87(75(91)92)69(64)53(38-81)62-39-83-58-30-54(77)56(79)32-60(58)85-62)48-24-28-52(29-25-48)90-42-50(46(4)37-74(14,15)16)21-19-44(2)35-72(8,9)10/h22-33,39-40,43-46,49-50H,18-21,34-37,41-42,91-94H2,1-16H3/b69-53-,70-66+. The van der Waals surface area contributed by atoms with Crippen LogP contribution in [0.3, 0.4) is 0 Å². The van der Waals surface area contributed by atoms with Crippen molar-refractivity contribution >= 4 is 140 Å². The summed E-state index contributed by atoms with van der Waals surface area (Å²) in [7, 11) is 11.8. The van der Waals surface area contributed by atoms with E-state index in [1.54, 1.807) is 36.7 Å². The van der Waals surface area contributed by atoms with Gasteiger partial charge in [0.15, 0.2) is 0 Å². The minimum Gasteiger partial charge on any atom is -0.493 e. The summed E-state index contributed by atoms with van der Waals surface area (Å²) in [6, 6.07) is 25.8. The lowest BCUT2D eigenvalue weighted by Crippen LogP contribution is -2.31. The maximum absolute atomic E-state index is 11.9. The van der Waals surface area contributed by atoms with Crippen molar-refractivity contribution in [3.8, 4) is 40.1 Å². The molecule has 0 saturated carbocycles. The Labute approximate surface area is 590 Å². The summed E-state index contributed by atoms with van der Waals surface area (Å²) in [4.78, 5) is 24.3. The molecule has 0 bridgehead atoms. The number of nitrogens with zero attached hydrogens (tertiary/aromatic N) is 8. The van der Waals surface area contributed by atoms with Crippen molar-refractivity contribution in [2.75, 3.05) is 13.2 Å². The Morgan fingerprint density at radius 3 is 1.24 bits per heavy atom. The summed E-state index contributed by atoms with van der Waals surface area (Å²) in [5.41, 5.74) is 7.00. The van der Waals surface area contributed by atoms with Crippen molar-refractivity contribution in [2.24, 2.45) is 57.2 Å². The monoisotopic (exact) mass is 1410 g/mol. The van der Waals surface area contributed by atoms with Crippen LogP contribution >= 0.6 is 82.9 Å². The number of hydrogen-bond acceptors (Lipinski definition) is 7. The molecule has 0 saturated heterocycles. The maximum Gasteiger partial charge on any atom is 0.304 e. The van der Waals surface area contributed by atoms with Gasteiger partial charge in [-0.25, -0.2) is 9.83 Å². The topological polar surface area (TPSA) is 108 Å². The molecule has 0 aliphatic heterocycles. The first-order valence-corrected chi connectivity index (χ1v) is 37.2. The van der Waals surface area contributed by atoms with E-state index in [1.807, 2.05) is 24.3 Å². The maximum atomic E-state index is 11.9. The third-order valence-electron chi connectivity index (χ3n) is 17.8. The van der Waals surface area contributed by atoms with Gasteiger partial charge in [0.25, 0.3) is 0 Å². The Morgan fingerprint density at radius 2 is 0.883 bits per heavy atom. The molecule has 0 aliphatic rings. The molecule has 498 valence electrons. The third-order valence-corrected chi connectivity index (χ3v) is 20.4. The molecule has 0 N–H and O–H groups in total. The molecule has 10 atom stereocenters. The fourth-order valence-corrected chi connectivity index (χ4v) is 16.0. The Kier molecular flexibility index (Phi) is 25.1. The van der Waals surface area contributed by atoms with E-state index in [-0.39, 0.29) is 32.9 Å². The molecule has 0 aliphatic carbocycles. The number of benzene rings is 4. The smallest absolute Gasteiger partial charge is 0.304 e. The summed E-state index contributed by atoms with van der Waals surface area (Å²) in [6.45, 7) is 47.9. The highest BCUT2D eigenvalue weighted by Gasteiger charge is 2.33. The van der Waals surface area contributed by atoms with E-state index in [9.17, 15) is 11.8 Å². The molecule has 0 amide bonds. The molecule has 0 radical (unpaired) electrons. The van der Waals surface area contributed by atoms with Crippen molar-refractivity contribution in [2.45, 2.75) is 162 Å². The largest absolute Gasteiger partial charge is 0.493 e. The van der Waals surface area contributed by atoms with Gasteiger partial charge in [-0.1, -0.05) is 170 Å². The lowest BCUT2D eigenvalue weighted by atomic mass is 9.76. The first kappa shape index (κ1) is 75.5. The van der Waals surface area contributed by atoms with Gasteiger partial charge in [0.05, 0.1) is 79.2 Å². The zero-order valence-corrected chi connectivity index (χ0v) is 65.6. The van der Waals surface area contributed by atoms with Crippen molar-refractivity contribution in [1.82, 2.24) is 28.9 Å². The van der Waals surface area contributed by atoms with Crippen LogP contribution in [0.15, 0.2) is 85.2 Å². The Bertz CT molecular complexity index is 3960. The summed E-state index contributed by atoms with van der Waals surface area (Å²) in [5, 5.41) is 15.7. The van der Waals surface area contributed by atoms with Crippen molar-refractivity contribution in [1.29, 1.82) is 5.26 Å². The van der Waals surface area contributed by atoms with E-state index in [4.69, 9.17) is 75.8 Å². The average molecular weight is 1420 g/mol. The zero-order valence-electron chi connectivity index (χ0n) is 58.0. The number of hydrogen-bond donors (Lipinski definition) is 0. The second-order valence-electron chi connectivity index (χ2n) is 31.4. The molecule has 4 aromatic carbocycles. The van der Waals surface area contributed by atoms with Crippen LogP contribution in [0.2, 0.25) is 20.1 Å². The summed E-state index contributed by atoms with van der Waals surface area (Å²) < 4.78 is 18.0. The second-order valence-corrected chi connectivity index (χ2v) is 37.3. The normalized spacial score (nSPS) is 15.1. The highest BCUT2D eigenvalue weighted by Crippen LogP contribution is 2.42. The molecule has 8 rings (SSSR count). The fourth-order valence-electron chi connectivity index (χ4n) is 14.2. The van der Waals surface area contributed by atoms with Crippen LogP contribution in [-0.4, -0.2) is 54.7 Å². The molecule has 94 heavy (non-hydrogen) atoms. The van der Waals surface area contributed by atoms with Crippen LogP contribution in [0.1, 0.15) is 174 Å². The van der Waals surface area contributed by atoms with Gasteiger partial charge in [-0.05, 0) is 180 Å². The first-order chi connectivity index (χ1) is 43.9. The molecule has 0 spiro atoms. The van der Waals surface area contributed by atoms with Gasteiger partial charge in [0.2, 0.25) is 5.70 Å². The van der Waals surface area contributed by atoms with Crippen LogP contribution in [0.5, 0.6) is 11.5 Å². The molecule has 4 heterocycles. The Balaban J connectivity index is 1.41. The molecule has 4 aromatic heterocycles. The molecule has 0 fully saturated rings. The van der Waals surface area contributed by atoms with E-state index in [1.165, 1.54) is 12.8 Å². The zero-order chi connectivity index (χ0) is 69.1. The number of aromatic nitrogens is 6. The van der Waals surface area contributed by atoms with Gasteiger partial charge in [-0.15, -0.1) is 36.5 Å². The molecular weight excluding hydrogens is 1320 g/mol. The van der Waals surface area contributed by atoms with E-state index >= 15 is 0 Å². The van der Waals surface area contributed by atoms with Gasteiger partial charge in [-0.2, -0.15) is 5.26 Å². The number of nitriles is 1. The molecule has 10 unspecified atom stereocenters. The van der Waals surface area contributed by atoms with Crippen LogP contribution in [0, 0.1) is 75.1 Å². The van der Waals surface area contributed by atoms with E-state index in [0.29, 0.717) is 124 Å². The number of ether oxygens (including phenoxy) is 2. The van der Waals surface area contributed by atoms with Gasteiger partial charge in [-0.3, -0.25) is 15.0 Å². The fraction of sp³-hybridized carbons (Fsp3) is 0.486. The van der Waals surface area contributed by atoms with Crippen molar-refractivity contribution in [3.05, 3.63) is 139 Å². The highest BCUT2D eigenvalue weighted by atomic mass is 35.5. The quantitative estimate of drug-likeness (QED) is 0.0337. The molecule has 8 aromatic rings. The molecular formula is C74H96B2Cl4N8O2P4. The summed E-state index contributed by atoms with van der Waals surface area (Å²) >= 11 is 26.4. The SMILES string of the molecule is [C-]#[N+]/C(c1cnc2cc(Cl)c(Cl)cc2n1)=c1\c2c(-c3ccc(OCC(CCC(C)CC(C)(C)C)C(C)CC(C)(C)C)cc3)n(B(P)P)/c(=C(/C#N)c3cnc4cc(Cl)c(Cl)cc4n3)c2c(-c2ccc(OCC(CCC(C)CC(C)(C)C)C(C)CC(C)(C)C)cc2)n1B(P)P. The first-order valence-electron chi connectivity index (χ1n) is 33.0. The van der Waals surface area contributed by atoms with Crippen LogP contribution in [0.4, 0.5) is 0 Å². The van der Waals surface area contributed by atoms with Gasteiger partial charge < -0.3 is 18.4 Å². The minimum atomic E-state index is -0.439. The summed E-state index contributed by atoms with van der Waals surface area (Å²) in [5.74, 6) is 4.26. The lowest BCUT2D eigenvalue weighted by Gasteiger charge is -2.31. The molecule has 20 heteroatoms. The lowest BCUT2D eigenvalue weighted by molar-refractivity contribution is 0.147. The van der Waals surface area contributed by atoms with Gasteiger partial charge >= 0.3 is 12.6 Å². The van der Waals surface area contributed by atoms with E-state index in [0.717, 1.165) is 72.5 Å². The van der Waals surface area contributed by atoms with Crippen LogP contribution < -0.4 is 20.2 Å². The van der Waals surface area contributed by atoms with E-state index < -0.39 is 12.6 Å². The van der Waals surface area contributed by atoms with Gasteiger partial charge in [0.1, 0.15) is 28.8 Å². The predicted octanol–water partition coefficient (Wildman–Crippen LogP) is 21.1. The van der Waals surface area contributed by atoms with Crippen molar-refractivity contribution in [3.63, 3.8) is 0 Å². The number of rotatable bonds is 24. The third kappa shape index (κ3) is 19.1. The van der Waals surface area contributed by atoms with E-state index in [2.05, 4.69) is 191 Å². The minimum absolute atomic E-state index is 0.170.